The molecule has 3 atom stereocenters. The molecule has 0 amide bonds. The van der Waals surface area contributed by atoms with E-state index in [1.807, 2.05) is 12.1 Å². The molecule has 2 aliphatic carbocycles. The summed E-state index contributed by atoms with van der Waals surface area (Å²) in [6, 6.07) is 5.70. The second-order valence-electron chi connectivity index (χ2n) is 7.39. The fourth-order valence-electron chi connectivity index (χ4n) is 4.49. The van der Waals surface area contributed by atoms with Gasteiger partial charge in [0.2, 0.25) is 0 Å². The standard InChI is InChI=1S/C19H25BrN2O/c20-18-3-4-19(23)17(11-18)13-22-7-5-21(6-8-22)12-16-10-14-1-2-15(16)9-14/h1-4,11,14-16,23H,5-10,12-13H2/t14-,15+,16-/m1/s1. The topological polar surface area (TPSA) is 26.7 Å². The molecule has 0 unspecified atom stereocenters. The van der Waals surface area contributed by atoms with Crippen LogP contribution in [0.4, 0.5) is 0 Å². The summed E-state index contributed by atoms with van der Waals surface area (Å²) < 4.78 is 1.04. The number of fused-ring (bicyclic) bond motifs is 2. The first-order valence-electron chi connectivity index (χ1n) is 8.78. The van der Waals surface area contributed by atoms with Gasteiger partial charge >= 0.3 is 0 Å². The Kier molecular flexibility index (Phi) is 4.48. The second-order valence-corrected chi connectivity index (χ2v) is 8.31. The van der Waals surface area contributed by atoms with Gasteiger partial charge in [-0.2, -0.15) is 0 Å². The fourth-order valence-corrected chi connectivity index (χ4v) is 4.90. The van der Waals surface area contributed by atoms with Gasteiger partial charge in [0.05, 0.1) is 0 Å². The lowest BCUT2D eigenvalue weighted by Crippen LogP contribution is -2.47. The van der Waals surface area contributed by atoms with Gasteiger partial charge in [-0.1, -0.05) is 28.1 Å². The molecular formula is C19H25BrN2O. The number of piperazine rings is 1. The molecule has 1 saturated heterocycles. The number of phenolic OH excluding ortho intramolecular Hbond substituents is 1. The molecule has 0 aromatic heterocycles. The maximum Gasteiger partial charge on any atom is 0.120 e. The lowest BCUT2D eigenvalue weighted by atomic mass is 9.93. The Morgan fingerprint density at radius 1 is 1.04 bits per heavy atom. The molecule has 1 aliphatic heterocycles. The van der Waals surface area contributed by atoms with Crippen molar-refractivity contribution >= 4 is 15.9 Å². The highest BCUT2D eigenvalue weighted by Gasteiger charge is 2.36. The van der Waals surface area contributed by atoms with Crippen molar-refractivity contribution in [2.75, 3.05) is 32.7 Å². The van der Waals surface area contributed by atoms with Crippen molar-refractivity contribution in [2.45, 2.75) is 19.4 Å². The molecule has 4 rings (SSSR count). The highest BCUT2D eigenvalue weighted by molar-refractivity contribution is 9.10. The van der Waals surface area contributed by atoms with Crippen molar-refractivity contribution < 1.29 is 5.11 Å². The average molecular weight is 377 g/mol. The first-order valence-corrected chi connectivity index (χ1v) is 9.57. The first kappa shape index (κ1) is 15.7. The van der Waals surface area contributed by atoms with Crippen LogP contribution in [0, 0.1) is 17.8 Å². The minimum atomic E-state index is 0.407. The Labute approximate surface area is 147 Å². The SMILES string of the molecule is Oc1ccc(Br)cc1CN1CCN(C[C@H]2C[C@@H]3C=C[C@H]2C3)CC1. The number of rotatable bonds is 4. The molecule has 2 bridgehead atoms. The third-order valence-corrected chi connectivity index (χ3v) is 6.30. The van der Waals surface area contributed by atoms with Gasteiger partial charge in [0, 0.05) is 49.3 Å². The lowest BCUT2D eigenvalue weighted by Gasteiger charge is -2.37. The Morgan fingerprint density at radius 2 is 1.83 bits per heavy atom. The summed E-state index contributed by atoms with van der Waals surface area (Å²) in [5.74, 6) is 3.04. The van der Waals surface area contributed by atoms with Crippen molar-refractivity contribution in [1.29, 1.82) is 0 Å². The Balaban J connectivity index is 1.27. The molecule has 1 aromatic rings. The first-order chi connectivity index (χ1) is 11.2. The van der Waals surface area contributed by atoms with E-state index in [0.29, 0.717) is 5.75 Å². The highest BCUT2D eigenvalue weighted by atomic mass is 79.9. The zero-order chi connectivity index (χ0) is 15.8. The average Bonchev–Trinajstić information content (AvgIpc) is 3.16. The molecule has 0 spiro atoms. The van der Waals surface area contributed by atoms with E-state index in [0.717, 1.165) is 60.5 Å². The van der Waals surface area contributed by atoms with Crippen molar-refractivity contribution in [3.8, 4) is 5.75 Å². The molecule has 1 aromatic carbocycles. The van der Waals surface area contributed by atoms with Gasteiger partial charge in [-0.3, -0.25) is 4.90 Å². The van der Waals surface area contributed by atoms with Gasteiger partial charge in [0.15, 0.2) is 0 Å². The number of phenols is 1. The summed E-state index contributed by atoms with van der Waals surface area (Å²) in [6.07, 6.45) is 7.72. The molecule has 124 valence electrons. The molecule has 2 fully saturated rings. The minimum Gasteiger partial charge on any atom is -0.508 e. The zero-order valence-electron chi connectivity index (χ0n) is 13.5. The van der Waals surface area contributed by atoms with E-state index >= 15 is 0 Å². The number of hydrogen-bond donors (Lipinski definition) is 1. The fraction of sp³-hybridized carbons (Fsp3) is 0.579. The molecule has 1 heterocycles. The van der Waals surface area contributed by atoms with E-state index in [4.69, 9.17) is 0 Å². The Morgan fingerprint density at radius 3 is 2.52 bits per heavy atom. The second kappa shape index (κ2) is 6.58. The molecule has 3 nitrogen and oxygen atoms in total. The number of aromatic hydroxyl groups is 1. The zero-order valence-corrected chi connectivity index (χ0v) is 15.1. The molecule has 3 aliphatic rings. The van der Waals surface area contributed by atoms with Crippen molar-refractivity contribution in [3.63, 3.8) is 0 Å². The molecule has 1 N–H and O–H groups in total. The van der Waals surface area contributed by atoms with Gasteiger partial charge < -0.3 is 10.0 Å². The monoisotopic (exact) mass is 376 g/mol. The minimum absolute atomic E-state index is 0.407. The largest absolute Gasteiger partial charge is 0.508 e. The Bertz CT molecular complexity index is 595. The van der Waals surface area contributed by atoms with Gasteiger partial charge in [0.25, 0.3) is 0 Å². The maximum atomic E-state index is 10.0. The summed E-state index contributed by atoms with van der Waals surface area (Å²) in [4.78, 5) is 5.11. The van der Waals surface area contributed by atoms with Crippen LogP contribution in [-0.2, 0) is 6.54 Å². The Hall–Kier alpha value is -0.840. The van der Waals surface area contributed by atoms with Crippen LogP contribution in [0.3, 0.4) is 0 Å². The molecule has 1 saturated carbocycles. The number of nitrogens with zero attached hydrogens (tertiary/aromatic N) is 2. The van der Waals surface area contributed by atoms with Gasteiger partial charge in [-0.25, -0.2) is 0 Å². The smallest absolute Gasteiger partial charge is 0.120 e. The third-order valence-electron chi connectivity index (χ3n) is 5.81. The quantitative estimate of drug-likeness (QED) is 0.814. The lowest BCUT2D eigenvalue weighted by molar-refractivity contribution is 0.108. The van der Waals surface area contributed by atoms with E-state index in [1.54, 1.807) is 6.07 Å². The van der Waals surface area contributed by atoms with Crippen LogP contribution < -0.4 is 0 Å². The maximum absolute atomic E-state index is 10.0. The van der Waals surface area contributed by atoms with Crippen molar-refractivity contribution in [1.82, 2.24) is 9.80 Å². The summed E-state index contributed by atoms with van der Waals surface area (Å²) in [5.41, 5.74) is 1.02. The molecule has 0 radical (unpaired) electrons. The van der Waals surface area contributed by atoms with E-state index in [-0.39, 0.29) is 0 Å². The van der Waals surface area contributed by atoms with Crippen LogP contribution in [0.2, 0.25) is 0 Å². The van der Waals surface area contributed by atoms with Crippen molar-refractivity contribution in [3.05, 3.63) is 40.4 Å². The summed E-state index contributed by atoms with van der Waals surface area (Å²) in [6.45, 7) is 6.64. The van der Waals surface area contributed by atoms with E-state index < -0.39 is 0 Å². The summed E-state index contributed by atoms with van der Waals surface area (Å²) in [7, 11) is 0. The highest BCUT2D eigenvalue weighted by Crippen LogP contribution is 2.43. The van der Waals surface area contributed by atoms with Crippen molar-refractivity contribution in [2.24, 2.45) is 17.8 Å². The van der Waals surface area contributed by atoms with Gasteiger partial charge in [0.1, 0.15) is 5.75 Å². The van der Waals surface area contributed by atoms with Crippen LogP contribution >= 0.6 is 15.9 Å². The summed E-state index contributed by atoms with van der Waals surface area (Å²) in [5, 5.41) is 10.0. The van der Waals surface area contributed by atoms with Crippen LogP contribution in [0.5, 0.6) is 5.75 Å². The predicted octanol–water partition coefficient (Wildman–Crippen LogP) is 3.48. The van der Waals surface area contributed by atoms with Crippen LogP contribution in [0.25, 0.3) is 0 Å². The van der Waals surface area contributed by atoms with Crippen LogP contribution in [-0.4, -0.2) is 47.6 Å². The molecule has 4 heteroatoms. The van der Waals surface area contributed by atoms with E-state index in [9.17, 15) is 5.11 Å². The number of hydrogen-bond acceptors (Lipinski definition) is 3. The van der Waals surface area contributed by atoms with E-state index in [2.05, 4.69) is 37.9 Å². The number of halogens is 1. The van der Waals surface area contributed by atoms with Gasteiger partial charge in [-0.05, 0) is 48.8 Å². The summed E-state index contributed by atoms with van der Waals surface area (Å²) >= 11 is 3.49. The van der Waals surface area contributed by atoms with Gasteiger partial charge in [-0.15, -0.1) is 0 Å². The normalized spacial score (nSPS) is 31.1. The molecule has 23 heavy (non-hydrogen) atoms. The predicted molar refractivity (Wildman–Crippen MR) is 96.4 cm³/mol. The van der Waals surface area contributed by atoms with E-state index in [1.165, 1.54) is 19.4 Å². The van der Waals surface area contributed by atoms with Crippen LogP contribution in [0.15, 0.2) is 34.8 Å². The number of benzene rings is 1. The third kappa shape index (κ3) is 3.49. The number of allylic oxidation sites excluding steroid dienone is 2. The van der Waals surface area contributed by atoms with Crippen LogP contribution in [0.1, 0.15) is 18.4 Å². The molecular weight excluding hydrogens is 352 g/mol.